The van der Waals surface area contributed by atoms with Crippen LogP contribution in [-0.2, 0) is 23.5 Å². The largest absolute Gasteiger partial charge is 0.492 e. The van der Waals surface area contributed by atoms with Gasteiger partial charge in [-0.15, -0.1) is 0 Å². The minimum absolute atomic E-state index is 0.127. The van der Waals surface area contributed by atoms with Gasteiger partial charge in [-0.05, 0) is 40.6 Å². The van der Waals surface area contributed by atoms with Gasteiger partial charge in [0.05, 0.1) is 34.2 Å². The Bertz CT molecular complexity index is 1580. The van der Waals surface area contributed by atoms with Crippen molar-refractivity contribution in [3.8, 4) is 5.88 Å². The Morgan fingerprint density at radius 3 is 2.44 bits per heavy atom. The summed E-state index contributed by atoms with van der Waals surface area (Å²) in [5, 5.41) is 20.3. The standard InChI is InChI=1S/C27H25F6N5O2S/c1-40-11-10-37-6-8-38(9-7-37)25-35-24(39)23(41-25)20(16-3-5-22-18(12-16)15-34-36-22)13-17-2-4-19(26(28,29)30)14-21(17)27(31,32)33/h2-5,12,14-15,39H,6-11,13H2,1H3. The van der Waals surface area contributed by atoms with E-state index in [0.29, 0.717) is 52.6 Å². The molecule has 2 aliphatic heterocycles. The molecule has 218 valence electrons. The zero-order chi connectivity index (χ0) is 29.4. The van der Waals surface area contributed by atoms with Crippen LogP contribution in [0.5, 0.6) is 5.88 Å². The van der Waals surface area contributed by atoms with Gasteiger partial charge in [0.1, 0.15) is 0 Å². The number of aromatic nitrogens is 1. The van der Waals surface area contributed by atoms with Crippen LogP contribution in [0, 0.1) is 0 Å². The number of aromatic hydroxyl groups is 1. The lowest BCUT2D eigenvalue weighted by Gasteiger charge is -2.34. The van der Waals surface area contributed by atoms with Gasteiger partial charge in [0.15, 0.2) is 5.13 Å². The molecule has 2 aliphatic rings. The van der Waals surface area contributed by atoms with Crippen LogP contribution in [0.15, 0.2) is 46.6 Å². The fourth-order valence-electron chi connectivity index (χ4n) is 4.78. The molecule has 0 saturated carbocycles. The monoisotopic (exact) mass is 597 g/mol. The summed E-state index contributed by atoms with van der Waals surface area (Å²) in [6, 6.07) is 6.56. The van der Waals surface area contributed by atoms with Crippen LogP contribution in [0.3, 0.4) is 0 Å². The van der Waals surface area contributed by atoms with E-state index in [9.17, 15) is 31.4 Å². The van der Waals surface area contributed by atoms with Gasteiger partial charge < -0.3 is 14.7 Å². The maximum atomic E-state index is 14.0. The van der Waals surface area contributed by atoms with Gasteiger partial charge in [-0.25, -0.2) is 0 Å². The Labute approximate surface area is 234 Å². The van der Waals surface area contributed by atoms with E-state index in [1.807, 2.05) is 4.90 Å². The molecule has 0 spiro atoms. The molecule has 5 rings (SSSR count). The molecule has 3 heterocycles. The fraction of sp³-hybridized carbons (Fsp3) is 0.370. The summed E-state index contributed by atoms with van der Waals surface area (Å²) in [5.74, 6) is -0.360. The maximum Gasteiger partial charge on any atom is 0.416 e. The number of halogens is 6. The van der Waals surface area contributed by atoms with Crippen LogP contribution in [0.4, 0.5) is 31.5 Å². The van der Waals surface area contributed by atoms with E-state index in [0.717, 1.165) is 37.0 Å². The number of thiazole rings is 1. The molecule has 0 amide bonds. The molecule has 0 unspecified atom stereocenters. The summed E-state index contributed by atoms with van der Waals surface area (Å²) in [5.41, 5.74) is -2.23. The lowest BCUT2D eigenvalue weighted by Crippen LogP contribution is -2.47. The van der Waals surface area contributed by atoms with Crippen LogP contribution >= 0.6 is 11.3 Å². The first-order chi connectivity index (χ1) is 19.4. The molecule has 1 N–H and O–H groups in total. The summed E-state index contributed by atoms with van der Waals surface area (Å²) >= 11 is 1.13. The van der Waals surface area contributed by atoms with Crippen LogP contribution < -0.4 is 15.5 Å². The highest BCUT2D eigenvalue weighted by molar-refractivity contribution is 7.17. The van der Waals surface area contributed by atoms with Crippen LogP contribution in [0.25, 0.3) is 5.57 Å². The van der Waals surface area contributed by atoms with Crippen molar-refractivity contribution in [3.63, 3.8) is 0 Å². The number of alkyl halides is 6. The number of hydrogen-bond donors (Lipinski definition) is 1. The van der Waals surface area contributed by atoms with E-state index in [1.54, 1.807) is 25.3 Å². The number of rotatable bonds is 7. The van der Waals surface area contributed by atoms with E-state index in [2.05, 4.69) is 20.1 Å². The van der Waals surface area contributed by atoms with Gasteiger partial charge in [0.2, 0.25) is 5.88 Å². The molecule has 14 heteroatoms. The van der Waals surface area contributed by atoms with Gasteiger partial charge in [-0.2, -0.15) is 41.5 Å². The van der Waals surface area contributed by atoms with Crippen LogP contribution in [-0.4, -0.2) is 67.6 Å². The molecule has 1 aromatic heterocycles. The van der Waals surface area contributed by atoms with Gasteiger partial charge in [0, 0.05) is 51.8 Å². The maximum absolute atomic E-state index is 14.0. The number of fused-ring (bicyclic) bond motifs is 1. The third-order valence-corrected chi connectivity index (χ3v) is 8.14. The average Bonchev–Trinajstić information content (AvgIpc) is 3.56. The van der Waals surface area contributed by atoms with Gasteiger partial charge >= 0.3 is 12.4 Å². The van der Waals surface area contributed by atoms with Gasteiger partial charge in [-0.3, -0.25) is 4.90 Å². The summed E-state index contributed by atoms with van der Waals surface area (Å²) in [6.07, 6.45) is -8.88. The molecule has 1 saturated heterocycles. The Balaban J connectivity index is 1.57. The highest BCUT2D eigenvalue weighted by Gasteiger charge is 2.38. The number of ether oxygens (including phenoxy) is 1. The zero-order valence-corrected chi connectivity index (χ0v) is 22.6. The highest BCUT2D eigenvalue weighted by atomic mass is 32.1. The minimum Gasteiger partial charge on any atom is -0.492 e. The third kappa shape index (κ3) is 6.39. The lowest BCUT2D eigenvalue weighted by atomic mass is 9.94. The first-order valence-electron chi connectivity index (χ1n) is 12.6. The van der Waals surface area contributed by atoms with Crippen molar-refractivity contribution in [2.75, 3.05) is 51.3 Å². The number of hydrogen-bond acceptors (Lipinski definition) is 8. The van der Waals surface area contributed by atoms with Crippen LogP contribution in [0.1, 0.15) is 27.1 Å². The van der Waals surface area contributed by atoms with E-state index in [-0.39, 0.29) is 22.4 Å². The molecule has 41 heavy (non-hydrogen) atoms. The van der Waals surface area contributed by atoms with E-state index < -0.39 is 29.9 Å². The second-order valence-electron chi connectivity index (χ2n) is 9.61. The summed E-state index contributed by atoms with van der Waals surface area (Å²) in [4.78, 5) is 8.77. The zero-order valence-electron chi connectivity index (χ0n) is 21.8. The summed E-state index contributed by atoms with van der Waals surface area (Å²) in [6.45, 7) is 4.11. The number of piperazine rings is 1. The third-order valence-electron chi connectivity index (χ3n) is 6.97. The molecule has 1 fully saturated rings. The van der Waals surface area contributed by atoms with Gasteiger partial charge in [-0.1, -0.05) is 23.5 Å². The van der Waals surface area contributed by atoms with Crippen molar-refractivity contribution in [1.29, 1.82) is 0 Å². The topological polar surface area (TPSA) is 73.5 Å². The van der Waals surface area contributed by atoms with E-state index in [1.165, 1.54) is 6.21 Å². The predicted molar refractivity (Wildman–Crippen MR) is 142 cm³/mol. The highest BCUT2D eigenvalue weighted by Crippen LogP contribution is 2.41. The van der Waals surface area contributed by atoms with E-state index in [4.69, 9.17) is 4.74 Å². The molecule has 0 radical (unpaired) electrons. The molecule has 0 bridgehead atoms. The second kappa shape index (κ2) is 11.4. The van der Waals surface area contributed by atoms with E-state index >= 15 is 0 Å². The second-order valence-corrected chi connectivity index (χ2v) is 10.6. The summed E-state index contributed by atoms with van der Waals surface area (Å²) in [7, 11) is 1.63. The fourth-order valence-corrected chi connectivity index (χ4v) is 5.86. The minimum atomic E-state index is -5.03. The SMILES string of the molecule is COCCN1CCN(c2nc(O)c(C(Cc3ccc(C(F)(F)F)cc3C(F)(F)F)=c3ccc4c(c3)C=NN=4)s2)CC1. The summed E-state index contributed by atoms with van der Waals surface area (Å²) < 4.78 is 87.0. The van der Waals surface area contributed by atoms with Crippen molar-refractivity contribution in [2.45, 2.75) is 18.8 Å². The number of methoxy groups -OCH3 is 1. The Kier molecular flexibility index (Phi) is 8.08. The Morgan fingerprint density at radius 2 is 1.76 bits per heavy atom. The van der Waals surface area contributed by atoms with Crippen LogP contribution in [0.2, 0.25) is 0 Å². The number of benzene rings is 2. The molecule has 0 atom stereocenters. The quantitative estimate of drug-likeness (QED) is 0.416. The average molecular weight is 598 g/mol. The normalized spacial score (nSPS) is 16.6. The first kappa shape index (κ1) is 29.0. The Morgan fingerprint density at radius 1 is 1.00 bits per heavy atom. The molecule has 7 nitrogen and oxygen atoms in total. The smallest absolute Gasteiger partial charge is 0.416 e. The van der Waals surface area contributed by atoms with Crippen molar-refractivity contribution in [3.05, 3.63) is 74.1 Å². The first-order valence-corrected chi connectivity index (χ1v) is 13.4. The lowest BCUT2D eigenvalue weighted by molar-refractivity contribution is -0.143. The molecular weight excluding hydrogens is 572 g/mol. The Hall–Kier alpha value is -3.49. The van der Waals surface area contributed by atoms with Gasteiger partial charge in [0.25, 0.3) is 0 Å². The predicted octanol–water partition coefficient (Wildman–Crippen LogP) is 4.06. The van der Waals surface area contributed by atoms with Crippen molar-refractivity contribution < 1.29 is 36.2 Å². The molecule has 3 aromatic rings. The number of nitrogens with zero attached hydrogens (tertiary/aromatic N) is 5. The molecule has 2 aromatic carbocycles. The number of anilines is 1. The van der Waals surface area contributed by atoms with Crippen molar-refractivity contribution >= 4 is 28.3 Å². The van der Waals surface area contributed by atoms with Crippen molar-refractivity contribution in [1.82, 2.24) is 9.88 Å². The van der Waals surface area contributed by atoms with Crippen molar-refractivity contribution in [2.24, 2.45) is 10.2 Å². The molecule has 0 aliphatic carbocycles. The molecular formula is C27H25F6N5O2S.